The summed E-state index contributed by atoms with van der Waals surface area (Å²) >= 11 is 0. The Morgan fingerprint density at radius 3 is 3.00 bits per heavy atom. The van der Waals surface area contributed by atoms with Crippen molar-refractivity contribution in [1.29, 1.82) is 0 Å². The van der Waals surface area contributed by atoms with Gasteiger partial charge in [-0.1, -0.05) is 6.08 Å². The van der Waals surface area contributed by atoms with E-state index in [1.165, 1.54) is 6.20 Å². The van der Waals surface area contributed by atoms with E-state index >= 15 is 0 Å². The van der Waals surface area contributed by atoms with Crippen LogP contribution in [0.25, 0.3) is 0 Å². The Bertz CT molecular complexity index is 252. The van der Waals surface area contributed by atoms with Gasteiger partial charge in [0.2, 0.25) is 0 Å². The molecule has 0 aromatic heterocycles. The van der Waals surface area contributed by atoms with Gasteiger partial charge in [-0.25, -0.2) is 0 Å². The predicted molar refractivity (Wildman–Crippen MR) is 38.5 cm³/mol. The zero-order valence-corrected chi connectivity index (χ0v) is 5.78. The zero-order valence-electron chi connectivity index (χ0n) is 5.78. The maximum Gasteiger partial charge on any atom is 0.309 e. The molecule has 0 aromatic carbocycles. The van der Waals surface area contributed by atoms with Crippen LogP contribution in [0.4, 0.5) is 0 Å². The van der Waals surface area contributed by atoms with E-state index in [1.54, 1.807) is 6.08 Å². The number of carbonyl (C=O) groups is 2. The van der Waals surface area contributed by atoms with E-state index in [1.807, 2.05) is 0 Å². The summed E-state index contributed by atoms with van der Waals surface area (Å²) in [5.41, 5.74) is 0.139. The van der Waals surface area contributed by atoms with Crippen molar-refractivity contribution in [2.45, 2.75) is 12.8 Å². The topological polar surface area (TPSA) is 66.7 Å². The molecule has 0 aromatic rings. The molecule has 0 spiro atoms. The lowest BCUT2D eigenvalue weighted by Gasteiger charge is -2.02. The number of Topliss-reactive ketones (excluding diaryl/α,β-unsaturated/α-hetero) is 1. The van der Waals surface area contributed by atoms with Gasteiger partial charge < -0.3 is 5.11 Å². The summed E-state index contributed by atoms with van der Waals surface area (Å²) in [5.74, 6) is -1.22. The van der Waals surface area contributed by atoms with E-state index in [2.05, 4.69) is 4.99 Å². The van der Waals surface area contributed by atoms with Crippen LogP contribution in [0.5, 0.6) is 0 Å². The second-order valence-corrected chi connectivity index (χ2v) is 2.16. The van der Waals surface area contributed by atoms with Crippen LogP contribution in [0.2, 0.25) is 0 Å². The van der Waals surface area contributed by atoms with Crippen LogP contribution in [-0.2, 0) is 9.59 Å². The van der Waals surface area contributed by atoms with Crippen molar-refractivity contribution in [3.05, 3.63) is 12.3 Å². The number of allylic oxidation sites excluding steroid dienone is 1. The normalized spacial score (nSPS) is 16.4. The number of ketones is 1. The fourth-order valence-electron chi connectivity index (χ4n) is 0.780. The van der Waals surface area contributed by atoms with Crippen molar-refractivity contribution in [1.82, 2.24) is 0 Å². The van der Waals surface area contributed by atoms with Crippen molar-refractivity contribution < 1.29 is 14.7 Å². The van der Waals surface area contributed by atoms with Crippen LogP contribution >= 0.6 is 0 Å². The molecule has 1 aliphatic heterocycles. The lowest BCUT2D eigenvalue weighted by molar-refractivity contribution is -0.136. The molecule has 0 unspecified atom stereocenters. The SMILES string of the molecule is O=C(O)CC1=NC=CCC1=O. The van der Waals surface area contributed by atoms with Gasteiger partial charge in [0, 0.05) is 12.6 Å². The Balaban J connectivity index is 2.68. The van der Waals surface area contributed by atoms with E-state index < -0.39 is 5.97 Å². The molecule has 4 heteroatoms. The number of aliphatic carboxylic acids is 1. The van der Waals surface area contributed by atoms with Gasteiger partial charge in [-0.15, -0.1) is 0 Å². The molecule has 0 bridgehead atoms. The number of aliphatic imine (C=N–C) groups is 1. The molecule has 11 heavy (non-hydrogen) atoms. The molecule has 0 atom stereocenters. The molecule has 4 nitrogen and oxygen atoms in total. The molecule has 0 saturated carbocycles. The highest BCUT2D eigenvalue weighted by atomic mass is 16.4. The van der Waals surface area contributed by atoms with E-state index in [9.17, 15) is 9.59 Å². The molecule has 58 valence electrons. The first-order valence-electron chi connectivity index (χ1n) is 3.17. The molecule has 0 amide bonds. The molecule has 0 fully saturated rings. The van der Waals surface area contributed by atoms with Gasteiger partial charge in [0.1, 0.15) is 0 Å². The lowest BCUT2D eigenvalue weighted by atomic mass is 10.1. The molecular weight excluding hydrogens is 146 g/mol. The number of nitrogens with zero attached hydrogens (tertiary/aromatic N) is 1. The van der Waals surface area contributed by atoms with Gasteiger partial charge in [0.15, 0.2) is 5.78 Å². The van der Waals surface area contributed by atoms with E-state index in [-0.39, 0.29) is 24.3 Å². The third kappa shape index (κ3) is 2.00. The summed E-state index contributed by atoms with van der Waals surface area (Å²) in [6.45, 7) is 0. The van der Waals surface area contributed by atoms with E-state index in [0.717, 1.165) is 0 Å². The second kappa shape index (κ2) is 3.09. The van der Waals surface area contributed by atoms with Gasteiger partial charge >= 0.3 is 5.97 Å². The summed E-state index contributed by atoms with van der Waals surface area (Å²) in [5, 5.41) is 8.33. The van der Waals surface area contributed by atoms with Crippen molar-refractivity contribution in [2.24, 2.45) is 4.99 Å². The minimum absolute atomic E-state index is 0.139. The number of carboxylic acids is 1. The number of rotatable bonds is 2. The molecule has 1 rings (SSSR count). The average molecular weight is 153 g/mol. The second-order valence-electron chi connectivity index (χ2n) is 2.16. The fraction of sp³-hybridized carbons (Fsp3) is 0.286. The maximum atomic E-state index is 10.9. The van der Waals surface area contributed by atoms with Gasteiger partial charge in [0.25, 0.3) is 0 Å². The van der Waals surface area contributed by atoms with Gasteiger partial charge in [-0.05, 0) is 0 Å². The van der Waals surface area contributed by atoms with Crippen LogP contribution in [0.1, 0.15) is 12.8 Å². The monoisotopic (exact) mass is 153 g/mol. The van der Waals surface area contributed by atoms with Crippen LogP contribution in [0, 0.1) is 0 Å². The number of hydrogen-bond acceptors (Lipinski definition) is 3. The Kier molecular flexibility index (Phi) is 2.15. The van der Waals surface area contributed by atoms with Crippen molar-refractivity contribution in [3.8, 4) is 0 Å². The summed E-state index contributed by atoms with van der Waals surface area (Å²) in [6, 6.07) is 0. The van der Waals surface area contributed by atoms with Gasteiger partial charge in [0.05, 0.1) is 12.1 Å². The average Bonchev–Trinajstić information content (AvgIpc) is 1.93. The largest absolute Gasteiger partial charge is 0.481 e. The Morgan fingerprint density at radius 1 is 1.73 bits per heavy atom. The van der Waals surface area contributed by atoms with Crippen LogP contribution < -0.4 is 0 Å². The quantitative estimate of drug-likeness (QED) is 0.623. The van der Waals surface area contributed by atoms with Crippen molar-refractivity contribution in [3.63, 3.8) is 0 Å². The molecule has 0 saturated heterocycles. The molecule has 0 aliphatic carbocycles. The molecule has 1 aliphatic rings. The standard InChI is InChI=1S/C7H7NO3/c9-6-2-1-3-8-5(6)4-7(10)11/h1,3H,2,4H2,(H,10,11). The zero-order chi connectivity index (χ0) is 8.27. The highest BCUT2D eigenvalue weighted by Crippen LogP contribution is 2.01. The Hall–Kier alpha value is -1.45. The molecular formula is C7H7NO3. The molecule has 0 radical (unpaired) electrons. The number of hydrogen-bond donors (Lipinski definition) is 1. The first kappa shape index (κ1) is 7.65. The van der Waals surface area contributed by atoms with Crippen molar-refractivity contribution in [2.75, 3.05) is 0 Å². The summed E-state index contributed by atoms with van der Waals surface area (Å²) < 4.78 is 0. The molecule has 1 heterocycles. The van der Waals surface area contributed by atoms with Crippen LogP contribution in [-0.4, -0.2) is 22.6 Å². The van der Waals surface area contributed by atoms with E-state index in [4.69, 9.17) is 5.11 Å². The minimum Gasteiger partial charge on any atom is -0.481 e. The fourth-order valence-corrected chi connectivity index (χ4v) is 0.780. The number of carbonyl (C=O) groups excluding carboxylic acids is 1. The van der Waals surface area contributed by atoms with Crippen molar-refractivity contribution >= 4 is 17.5 Å². The van der Waals surface area contributed by atoms with Crippen LogP contribution in [0.15, 0.2) is 17.3 Å². The van der Waals surface area contributed by atoms with Crippen LogP contribution in [0.3, 0.4) is 0 Å². The predicted octanol–water partition coefficient (Wildman–Crippen LogP) is 0.389. The first-order chi connectivity index (χ1) is 5.20. The number of carboxylic acid groups (broad SMARTS) is 1. The summed E-state index contributed by atoms with van der Waals surface area (Å²) in [6.07, 6.45) is 3.06. The molecule has 1 N–H and O–H groups in total. The third-order valence-corrected chi connectivity index (χ3v) is 1.28. The minimum atomic E-state index is -1.02. The summed E-state index contributed by atoms with van der Waals surface area (Å²) in [7, 11) is 0. The maximum absolute atomic E-state index is 10.9. The summed E-state index contributed by atoms with van der Waals surface area (Å²) in [4.78, 5) is 24.7. The highest BCUT2D eigenvalue weighted by Gasteiger charge is 2.14. The lowest BCUT2D eigenvalue weighted by Crippen LogP contribution is -2.18. The first-order valence-corrected chi connectivity index (χ1v) is 3.17. The van der Waals surface area contributed by atoms with Gasteiger partial charge in [-0.2, -0.15) is 0 Å². The smallest absolute Gasteiger partial charge is 0.309 e. The van der Waals surface area contributed by atoms with E-state index in [0.29, 0.717) is 0 Å². The Morgan fingerprint density at radius 2 is 2.45 bits per heavy atom. The van der Waals surface area contributed by atoms with Gasteiger partial charge in [-0.3, -0.25) is 14.6 Å². The Labute approximate surface area is 63.2 Å². The third-order valence-electron chi connectivity index (χ3n) is 1.28. The highest BCUT2D eigenvalue weighted by molar-refractivity contribution is 6.43.